The normalized spacial score (nSPS) is 15.5. The molecule has 7 heteroatoms. The van der Waals surface area contributed by atoms with Crippen LogP contribution in [-0.4, -0.2) is 31.1 Å². The molecule has 1 atom stereocenters. The lowest BCUT2D eigenvalue weighted by Gasteiger charge is -2.15. The summed E-state index contributed by atoms with van der Waals surface area (Å²) in [5, 5.41) is 5.42. The average Bonchev–Trinajstić information content (AvgIpc) is 2.76. The molecule has 1 aromatic rings. The molecule has 1 aliphatic rings. The quantitative estimate of drug-likeness (QED) is 0.771. The Labute approximate surface area is 117 Å². The minimum atomic E-state index is -0.547. The first-order chi connectivity index (χ1) is 8.58. The van der Waals surface area contributed by atoms with Crippen LogP contribution in [0.25, 0.3) is 0 Å². The van der Waals surface area contributed by atoms with Gasteiger partial charge in [0, 0.05) is 24.5 Å². The van der Waals surface area contributed by atoms with Gasteiger partial charge in [-0.05, 0) is 31.2 Å². The van der Waals surface area contributed by atoms with Crippen molar-refractivity contribution in [1.82, 2.24) is 5.32 Å². The van der Waals surface area contributed by atoms with Crippen molar-refractivity contribution >= 4 is 35.7 Å². The van der Waals surface area contributed by atoms with Crippen molar-refractivity contribution in [2.75, 3.05) is 23.3 Å². The van der Waals surface area contributed by atoms with E-state index in [1.807, 2.05) is 0 Å². The molecular weight excluding hydrogens is 268 g/mol. The fraction of sp³-hybridized carbons (Fsp3) is 0.333. The molecule has 104 valence electrons. The lowest BCUT2D eigenvalue weighted by molar-refractivity contribution is -0.117. The van der Waals surface area contributed by atoms with Crippen LogP contribution in [0.4, 0.5) is 16.2 Å². The number of carbonyl (C=O) groups excluding carboxylic acids is 2. The van der Waals surface area contributed by atoms with E-state index >= 15 is 0 Å². The number of carbonyl (C=O) groups is 2. The molecule has 0 spiro atoms. The lowest BCUT2D eigenvalue weighted by Crippen LogP contribution is -2.32. The summed E-state index contributed by atoms with van der Waals surface area (Å²) in [4.78, 5) is 24.5. The largest absolute Gasteiger partial charge is 0.336 e. The molecule has 4 N–H and O–H groups in total. The number of nitrogens with zero attached hydrogens (tertiary/aromatic N) is 1. The summed E-state index contributed by atoms with van der Waals surface area (Å²) in [6.07, 6.45) is 0. The summed E-state index contributed by atoms with van der Waals surface area (Å²) in [6.45, 7) is 2.94. The van der Waals surface area contributed by atoms with Crippen molar-refractivity contribution in [2.45, 2.75) is 13.0 Å². The third kappa shape index (κ3) is 3.59. The van der Waals surface area contributed by atoms with Gasteiger partial charge in [-0.1, -0.05) is 0 Å². The Balaban J connectivity index is 0.00000180. The zero-order valence-electron chi connectivity index (χ0n) is 10.6. The van der Waals surface area contributed by atoms with Gasteiger partial charge in [0.2, 0.25) is 5.91 Å². The number of halogens is 1. The number of benzene rings is 1. The van der Waals surface area contributed by atoms with Gasteiger partial charge in [0.15, 0.2) is 0 Å². The molecule has 2 rings (SSSR count). The maximum Gasteiger partial charge on any atom is 0.321 e. The molecule has 0 saturated carbocycles. The summed E-state index contributed by atoms with van der Waals surface area (Å²) in [6, 6.07) is 6.45. The monoisotopic (exact) mass is 284 g/mol. The van der Waals surface area contributed by atoms with Crippen molar-refractivity contribution in [3.8, 4) is 0 Å². The maximum atomic E-state index is 11.5. The fourth-order valence-electron chi connectivity index (χ4n) is 1.70. The molecule has 1 saturated heterocycles. The summed E-state index contributed by atoms with van der Waals surface area (Å²) in [5.74, 6) is -0.235. The van der Waals surface area contributed by atoms with E-state index < -0.39 is 6.04 Å². The smallest absolute Gasteiger partial charge is 0.321 e. The van der Waals surface area contributed by atoms with E-state index in [1.54, 1.807) is 36.1 Å². The number of hydrogen-bond acceptors (Lipinski definition) is 3. The number of nitrogens with two attached hydrogens (primary N) is 1. The molecule has 0 aliphatic carbocycles. The van der Waals surface area contributed by atoms with Crippen LogP contribution >= 0.6 is 12.4 Å². The van der Waals surface area contributed by atoms with Gasteiger partial charge >= 0.3 is 6.03 Å². The van der Waals surface area contributed by atoms with E-state index in [0.29, 0.717) is 18.8 Å². The Morgan fingerprint density at radius 3 is 2.53 bits per heavy atom. The molecule has 19 heavy (non-hydrogen) atoms. The van der Waals surface area contributed by atoms with E-state index in [-0.39, 0.29) is 24.3 Å². The third-order valence-electron chi connectivity index (χ3n) is 2.72. The third-order valence-corrected chi connectivity index (χ3v) is 2.72. The van der Waals surface area contributed by atoms with Crippen molar-refractivity contribution < 1.29 is 9.59 Å². The second-order valence-corrected chi connectivity index (χ2v) is 4.21. The molecule has 0 radical (unpaired) electrons. The summed E-state index contributed by atoms with van der Waals surface area (Å²) < 4.78 is 0. The molecule has 0 bridgehead atoms. The Bertz CT molecular complexity index is 461. The standard InChI is InChI=1S/C12H16N4O2.ClH/c1-8(13)11(17)15-9-2-4-10(5-3-9)16-7-6-14-12(16)18;/h2-5,8H,6-7,13H2,1H3,(H,14,18)(H,15,17);1H/t8-;/m0./s1. The first-order valence-electron chi connectivity index (χ1n) is 5.80. The molecule has 3 amide bonds. The van der Waals surface area contributed by atoms with Crippen LogP contribution in [-0.2, 0) is 4.79 Å². The fourth-order valence-corrected chi connectivity index (χ4v) is 1.70. The van der Waals surface area contributed by atoms with Gasteiger partial charge in [-0.25, -0.2) is 4.79 Å². The number of hydrogen-bond donors (Lipinski definition) is 3. The van der Waals surface area contributed by atoms with Crippen LogP contribution in [0, 0.1) is 0 Å². The van der Waals surface area contributed by atoms with Crippen LogP contribution in [0.5, 0.6) is 0 Å². The second-order valence-electron chi connectivity index (χ2n) is 4.21. The van der Waals surface area contributed by atoms with Gasteiger partial charge in [-0.15, -0.1) is 12.4 Å². The maximum absolute atomic E-state index is 11.5. The Kier molecular flexibility index (Phi) is 5.14. The summed E-state index contributed by atoms with van der Waals surface area (Å²) in [7, 11) is 0. The number of urea groups is 1. The van der Waals surface area contributed by atoms with Gasteiger partial charge in [0.05, 0.1) is 6.04 Å². The van der Waals surface area contributed by atoms with E-state index in [2.05, 4.69) is 10.6 Å². The van der Waals surface area contributed by atoms with E-state index in [0.717, 1.165) is 5.69 Å². The highest BCUT2D eigenvalue weighted by atomic mass is 35.5. The first kappa shape index (κ1) is 15.3. The zero-order chi connectivity index (χ0) is 13.1. The minimum Gasteiger partial charge on any atom is -0.336 e. The minimum absolute atomic E-state index is 0. The number of rotatable bonds is 3. The highest BCUT2D eigenvalue weighted by Gasteiger charge is 2.20. The molecule has 6 nitrogen and oxygen atoms in total. The van der Waals surface area contributed by atoms with Gasteiger partial charge in [0.25, 0.3) is 0 Å². The van der Waals surface area contributed by atoms with Crippen molar-refractivity contribution in [3.05, 3.63) is 24.3 Å². The van der Waals surface area contributed by atoms with Crippen LogP contribution in [0.3, 0.4) is 0 Å². The highest BCUT2D eigenvalue weighted by Crippen LogP contribution is 2.19. The van der Waals surface area contributed by atoms with Gasteiger partial charge in [0.1, 0.15) is 0 Å². The highest BCUT2D eigenvalue weighted by molar-refractivity contribution is 5.96. The lowest BCUT2D eigenvalue weighted by atomic mass is 10.2. The van der Waals surface area contributed by atoms with Crippen LogP contribution in [0.2, 0.25) is 0 Å². The molecule has 1 fully saturated rings. The topological polar surface area (TPSA) is 87.5 Å². The first-order valence-corrected chi connectivity index (χ1v) is 5.80. The van der Waals surface area contributed by atoms with Crippen LogP contribution in [0.1, 0.15) is 6.92 Å². The number of amides is 3. The second kappa shape index (κ2) is 6.40. The van der Waals surface area contributed by atoms with Gasteiger partial charge in [-0.3, -0.25) is 9.69 Å². The Hall–Kier alpha value is -1.79. The average molecular weight is 285 g/mol. The molecule has 1 aliphatic heterocycles. The van der Waals surface area contributed by atoms with Crippen molar-refractivity contribution in [1.29, 1.82) is 0 Å². The van der Waals surface area contributed by atoms with E-state index in [9.17, 15) is 9.59 Å². The molecule has 0 unspecified atom stereocenters. The van der Waals surface area contributed by atoms with E-state index in [1.165, 1.54) is 0 Å². The molecule has 1 aromatic carbocycles. The van der Waals surface area contributed by atoms with E-state index in [4.69, 9.17) is 5.73 Å². The SMILES string of the molecule is C[C@H](N)C(=O)Nc1ccc(N2CCNC2=O)cc1.Cl. The Morgan fingerprint density at radius 2 is 2.05 bits per heavy atom. The predicted octanol–water partition coefficient (Wildman–Crippen LogP) is 0.924. The zero-order valence-corrected chi connectivity index (χ0v) is 11.4. The van der Waals surface area contributed by atoms with Gasteiger partial charge < -0.3 is 16.4 Å². The van der Waals surface area contributed by atoms with Crippen LogP contribution < -0.4 is 21.3 Å². The molecule has 0 aromatic heterocycles. The summed E-state index contributed by atoms with van der Waals surface area (Å²) in [5.41, 5.74) is 6.93. The predicted molar refractivity (Wildman–Crippen MR) is 76.7 cm³/mol. The molecule has 1 heterocycles. The van der Waals surface area contributed by atoms with Gasteiger partial charge in [-0.2, -0.15) is 0 Å². The van der Waals surface area contributed by atoms with Crippen molar-refractivity contribution in [2.24, 2.45) is 5.73 Å². The summed E-state index contributed by atoms with van der Waals surface area (Å²) >= 11 is 0. The Morgan fingerprint density at radius 1 is 1.42 bits per heavy atom. The van der Waals surface area contributed by atoms with Crippen molar-refractivity contribution in [3.63, 3.8) is 0 Å². The number of anilines is 2. The molecular formula is C12H17ClN4O2. The van der Waals surface area contributed by atoms with Crippen LogP contribution in [0.15, 0.2) is 24.3 Å². The number of nitrogens with one attached hydrogen (secondary N) is 2.